The minimum Gasteiger partial charge on any atom is -0.457 e. The second-order valence-corrected chi connectivity index (χ2v) is 10.5. The average Bonchev–Trinajstić information content (AvgIpc) is 3.33. The number of hydrogen-bond acceptors (Lipinski definition) is 7. The summed E-state index contributed by atoms with van der Waals surface area (Å²) in [6.45, 7) is 3.93. The van der Waals surface area contributed by atoms with Crippen molar-refractivity contribution in [3.8, 4) is 11.5 Å². The van der Waals surface area contributed by atoms with Gasteiger partial charge in [0, 0.05) is 25.3 Å². The molecule has 1 fully saturated rings. The number of anilines is 3. The van der Waals surface area contributed by atoms with Gasteiger partial charge in [-0.05, 0) is 55.0 Å². The van der Waals surface area contributed by atoms with Crippen molar-refractivity contribution in [2.45, 2.75) is 18.6 Å². The highest BCUT2D eigenvalue weighted by atomic mass is 32.1. The number of aromatic nitrogens is 1. The molecule has 2 aromatic carbocycles. The van der Waals surface area contributed by atoms with Gasteiger partial charge in [-0.1, -0.05) is 24.8 Å². The van der Waals surface area contributed by atoms with Crippen LogP contribution in [-0.2, 0) is 4.79 Å². The first-order chi connectivity index (χ1) is 19.4. The summed E-state index contributed by atoms with van der Waals surface area (Å²) in [6.07, 6.45) is 2.33. The van der Waals surface area contributed by atoms with Crippen LogP contribution in [0.1, 0.15) is 16.1 Å². The van der Waals surface area contributed by atoms with E-state index in [1.165, 1.54) is 27.2 Å². The molecule has 202 valence electrons. The van der Waals surface area contributed by atoms with Crippen molar-refractivity contribution >= 4 is 56.5 Å². The lowest BCUT2D eigenvalue weighted by Gasteiger charge is -2.35. The fourth-order valence-electron chi connectivity index (χ4n) is 5.03. The maximum Gasteiger partial charge on any atom is 0.331 e. The van der Waals surface area contributed by atoms with Crippen LogP contribution < -0.4 is 20.3 Å². The van der Waals surface area contributed by atoms with Crippen LogP contribution in [0.4, 0.5) is 21.9 Å². The molecule has 4 amide bonds. The molecule has 0 bridgehead atoms. The Morgan fingerprint density at radius 1 is 1.10 bits per heavy atom. The Kier molecular flexibility index (Phi) is 6.66. The molecule has 40 heavy (non-hydrogen) atoms. The predicted molar refractivity (Wildman–Crippen MR) is 152 cm³/mol. The minimum absolute atomic E-state index is 0.184. The van der Waals surface area contributed by atoms with E-state index in [2.05, 4.69) is 22.2 Å². The largest absolute Gasteiger partial charge is 0.457 e. The average molecular weight is 556 g/mol. The summed E-state index contributed by atoms with van der Waals surface area (Å²) in [5.74, 6) is 0.614. The number of pyridine rings is 1. The van der Waals surface area contributed by atoms with Crippen LogP contribution in [-0.4, -0.2) is 58.1 Å². The van der Waals surface area contributed by atoms with Crippen LogP contribution in [0.2, 0.25) is 0 Å². The summed E-state index contributed by atoms with van der Waals surface area (Å²) in [6, 6.07) is 17.4. The predicted octanol–water partition coefficient (Wildman–Crippen LogP) is 4.65. The number of thiophene rings is 1. The van der Waals surface area contributed by atoms with Gasteiger partial charge in [0.1, 0.15) is 21.2 Å². The highest BCUT2D eigenvalue weighted by Crippen LogP contribution is 2.45. The van der Waals surface area contributed by atoms with Crippen molar-refractivity contribution in [2.75, 3.05) is 23.3 Å². The van der Waals surface area contributed by atoms with Crippen LogP contribution in [0.25, 0.3) is 10.2 Å². The number of piperidine rings is 1. The van der Waals surface area contributed by atoms with Gasteiger partial charge in [-0.3, -0.25) is 14.5 Å². The van der Waals surface area contributed by atoms with E-state index < -0.39 is 24.1 Å². The van der Waals surface area contributed by atoms with E-state index in [9.17, 15) is 19.5 Å². The van der Waals surface area contributed by atoms with Gasteiger partial charge in [0.25, 0.3) is 5.91 Å². The number of aliphatic hydroxyl groups excluding tert-OH is 1. The SMILES string of the molecule is C=CC(=O)N1C[C@H](O)C[C@H](NC(=O)c2sc3nccc4c3c2NC(=O)N4c2ccc(Oc3ccccc3)cc2)C1. The van der Waals surface area contributed by atoms with Crippen molar-refractivity contribution in [1.82, 2.24) is 15.2 Å². The Morgan fingerprint density at radius 2 is 1.85 bits per heavy atom. The Morgan fingerprint density at radius 3 is 2.60 bits per heavy atom. The molecule has 3 N–H and O–H groups in total. The molecule has 0 saturated carbocycles. The number of benzene rings is 2. The molecule has 0 spiro atoms. The summed E-state index contributed by atoms with van der Waals surface area (Å²) >= 11 is 1.17. The first-order valence-corrected chi connectivity index (χ1v) is 13.5. The fraction of sp³-hybridized carbons (Fsp3) is 0.172. The Bertz CT molecular complexity index is 1620. The molecule has 4 heterocycles. The number of rotatable bonds is 6. The number of para-hydroxylation sites is 1. The molecule has 2 atom stereocenters. The summed E-state index contributed by atoms with van der Waals surface area (Å²) in [5.41, 5.74) is 1.62. The van der Waals surface area contributed by atoms with Crippen molar-refractivity contribution in [3.05, 3.63) is 84.4 Å². The quantitative estimate of drug-likeness (QED) is 0.298. The molecule has 2 aliphatic rings. The van der Waals surface area contributed by atoms with E-state index in [1.807, 2.05) is 30.3 Å². The number of amides is 4. The highest BCUT2D eigenvalue weighted by molar-refractivity contribution is 7.21. The molecule has 6 rings (SSSR count). The van der Waals surface area contributed by atoms with Crippen molar-refractivity contribution in [1.29, 1.82) is 0 Å². The highest BCUT2D eigenvalue weighted by Gasteiger charge is 2.34. The molecule has 2 aromatic heterocycles. The monoisotopic (exact) mass is 555 g/mol. The van der Waals surface area contributed by atoms with Crippen molar-refractivity contribution in [2.24, 2.45) is 0 Å². The minimum atomic E-state index is -0.769. The first-order valence-electron chi connectivity index (χ1n) is 12.7. The number of nitrogens with one attached hydrogen (secondary N) is 2. The van der Waals surface area contributed by atoms with E-state index in [-0.39, 0.29) is 19.0 Å². The number of ether oxygens (including phenoxy) is 1. The number of carbonyl (C=O) groups excluding carboxylic acids is 3. The van der Waals surface area contributed by atoms with Crippen LogP contribution in [0.5, 0.6) is 11.5 Å². The number of urea groups is 1. The summed E-state index contributed by atoms with van der Waals surface area (Å²) in [4.78, 5) is 47.2. The Hall–Kier alpha value is -4.74. The topological polar surface area (TPSA) is 124 Å². The van der Waals surface area contributed by atoms with E-state index in [1.54, 1.807) is 36.5 Å². The van der Waals surface area contributed by atoms with Crippen molar-refractivity contribution < 1.29 is 24.2 Å². The molecule has 10 nitrogen and oxygen atoms in total. The summed E-state index contributed by atoms with van der Waals surface area (Å²) in [5, 5.41) is 16.7. The van der Waals surface area contributed by atoms with Crippen molar-refractivity contribution in [3.63, 3.8) is 0 Å². The maximum absolute atomic E-state index is 13.4. The van der Waals surface area contributed by atoms with Gasteiger partial charge < -0.3 is 25.4 Å². The second kappa shape index (κ2) is 10.4. The third-order valence-corrected chi connectivity index (χ3v) is 7.87. The third kappa shape index (κ3) is 4.76. The lowest BCUT2D eigenvalue weighted by molar-refractivity contribution is -0.129. The number of hydrogen-bond donors (Lipinski definition) is 3. The molecule has 0 unspecified atom stereocenters. The van der Waals surface area contributed by atoms with Gasteiger partial charge >= 0.3 is 6.03 Å². The summed E-state index contributed by atoms with van der Waals surface area (Å²) in [7, 11) is 0. The maximum atomic E-state index is 13.4. The van der Waals surface area contributed by atoms with E-state index in [4.69, 9.17) is 4.74 Å². The van der Waals surface area contributed by atoms with Crippen LogP contribution in [0.15, 0.2) is 79.5 Å². The second-order valence-electron chi connectivity index (χ2n) is 9.50. The molecular formula is C29H25N5O5S. The lowest BCUT2D eigenvalue weighted by atomic mass is 10.0. The molecule has 0 radical (unpaired) electrons. The Balaban J connectivity index is 1.27. The summed E-state index contributed by atoms with van der Waals surface area (Å²) < 4.78 is 5.87. The van der Waals surface area contributed by atoms with Gasteiger partial charge in [0.15, 0.2) is 0 Å². The van der Waals surface area contributed by atoms with Gasteiger partial charge in [-0.15, -0.1) is 11.3 Å². The number of likely N-dealkylation sites (tertiary alicyclic amines) is 1. The fourth-order valence-corrected chi connectivity index (χ4v) is 6.05. The van der Waals surface area contributed by atoms with Crippen LogP contribution >= 0.6 is 11.3 Å². The van der Waals surface area contributed by atoms with Crippen LogP contribution in [0.3, 0.4) is 0 Å². The number of β-amino-alcohol motifs (C(OH)–C–C–N with tert-alkyl or cyclic N) is 1. The molecular weight excluding hydrogens is 530 g/mol. The number of carbonyl (C=O) groups is 3. The smallest absolute Gasteiger partial charge is 0.331 e. The third-order valence-electron chi connectivity index (χ3n) is 6.78. The Labute approximate surface area is 233 Å². The normalized spacial score (nSPS) is 18.3. The van der Waals surface area contributed by atoms with Gasteiger partial charge in [-0.25, -0.2) is 9.78 Å². The zero-order valence-corrected chi connectivity index (χ0v) is 22.1. The first kappa shape index (κ1) is 25.5. The van der Waals surface area contributed by atoms with Gasteiger partial charge in [0.2, 0.25) is 5.91 Å². The standard InChI is InChI=1S/C29H25N5O5S/c1-2-23(36)33-15-17(14-19(35)16-33)31-27(37)26-25-24-22(12-13-30-28(24)40-26)34(29(38)32-25)18-8-10-21(11-9-18)39-20-6-4-3-5-7-20/h2-13,17,19,35H,1,14-16H2,(H,31,37)(H,32,38)/t17-,19+/m0/s1. The van der Waals surface area contributed by atoms with E-state index in [0.717, 1.165) is 0 Å². The van der Waals surface area contributed by atoms with E-state index >= 15 is 0 Å². The molecule has 11 heteroatoms. The molecule has 2 aliphatic heterocycles. The van der Waals surface area contributed by atoms with Crippen LogP contribution in [0, 0.1) is 0 Å². The number of aliphatic hydroxyl groups is 1. The lowest BCUT2D eigenvalue weighted by Crippen LogP contribution is -2.54. The molecule has 0 aliphatic carbocycles. The van der Waals surface area contributed by atoms with Gasteiger partial charge in [0.05, 0.1) is 28.6 Å². The van der Waals surface area contributed by atoms with E-state index in [0.29, 0.717) is 50.1 Å². The molecule has 4 aromatic rings. The van der Waals surface area contributed by atoms with Gasteiger partial charge in [-0.2, -0.15) is 0 Å². The number of nitrogens with zero attached hydrogens (tertiary/aromatic N) is 3. The zero-order valence-electron chi connectivity index (χ0n) is 21.2. The molecule has 1 saturated heterocycles. The zero-order chi connectivity index (χ0) is 27.8.